The van der Waals surface area contributed by atoms with Gasteiger partial charge in [-0.25, -0.2) is 4.79 Å². The van der Waals surface area contributed by atoms with Crippen molar-refractivity contribution in [1.82, 2.24) is 9.78 Å². The number of carbonyl (C=O) groups is 2. The number of nitrogens with zero attached hydrogens (tertiary/aromatic N) is 2. The molecule has 0 saturated carbocycles. The van der Waals surface area contributed by atoms with Crippen molar-refractivity contribution in [2.45, 2.75) is 13.8 Å². The molecule has 3 heterocycles. The van der Waals surface area contributed by atoms with Crippen LogP contribution in [0.2, 0.25) is 0 Å². The molecule has 182 valence electrons. The van der Waals surface area contributed by atoms with E-state index in [0.717, 1.165) is 27.1 Å². The second-order valence-corrected chi connectivity index (χ2v) is 8.79. The highest BCUT2D eigenvalue weighted by Gasteiger charge is 2.23. The number of ether oxygens (including phenoxy) is 3. The van der Waals surface area contributed by atoms with Crippen molar-refractivity contribution in [2.75, 3.05) is 18.7 Å². The zero-order chi connectivity index (χ0) is 25.2. The lowest BCUT2D eigenvalue weighted by atomic mass is 10.2. The van der Waals surface area contributed by atoms with Crippen molar-refractivity contribution in [2.24, 2.45) is 0 Å². The molecule has 2 aromatic carbocycles. The first-order valence-corrected chi connectivity index (χ1v) is 12.0. The van der Waals surface area contributed by atoms with E-state index in [0.29, 0.717) is 27.6 Å². The Morgan fingerprint density at radius 2 is 2.03 bits per heavy atom. The molecule has 2 aromatic heterocycles. The molecule has 36 heavy (non-hydrogen) atoms. The summed E-state index contributed by atoms with van der Waals surface area (Å²) in [7, 11) is 0. The summed E-state index contributed by atoms with van der Waals surface area (Å²) in [6.45, 7) is 3.90. The van der Waals surface area contributed by atoms with Crippen LogP contribution in [0.4, 0.5) is 5.00 Å². The first-order chi connectivity index (χ1) is 17.4. The van der Waals surface area contributed by atoms with Crippen LogP contribution in [0.3, 0.4) is 0 Å². The van der Waals surface area contributed by atoms with Crippen molar-refractivity contribution >= 4 is 45.1 Å². The lowest BCUT2D eigenvalue weighted by molar-refractivity contribution is -0.111. The molecule has 0 unspecified atom stereocenters. The summed E-state index contributed by atoms with van der Waals surface area (Å²) in [6, 6.07) is 12.5. The van der Waals surface area contributed by atoms with E-state index in [9.17, 15) is 14.4 Å². The third kappa shape index (κ3) is 4.46. The highest BCUT2D eigenvalue weighted by atomic mass is 32.1. The Kier molecular flexibility index (Phi) is 6.26. The second-order valence-electron chi connectivity index (χ2n) is 7.91. The van der Waals surface area contributed by atoms with Crippen molar-refractivity contribution in [3.05, 3.63) is 81.1 Å². The summed E-state index contributed by atoms with van der Waals surface area (Å²) < 4.78 is 17.0. The largest absolute Gasteiger partial charge is 0.461 e. The molecule has 1 aliphatic heterocycles. The first kappa shape index (κ1) is 23.3. The van der Waals surface area contributed by atoms with Gasteiger partial charge in [-0.15, -0.1) is 11.3 Å². The van der Waals surface area contributed by atoms with Crippen molar-refractivity contribution in [3.63, 3.8) is 0 Å². The number of esters is 1. The van der Waals surface area contributed by atoms with Crippen LogP contribution in [0.15, 0.2) is 58.7 Å². The highest BCUT2D eigenvalue weighted by molar-refractivity contribution is 7.16. The van der Waals surface area contributed by atoms with Crippen LogP contribution in [0.25, 0.3) is 22.5 Å². The number of thiophene rings is 1. The van der Waals surface area contributed by atoms with Gasteiger partial charge in [0, 0.05) is 16.8 Å². The molecular formula is C26H21N3O6S. The molecule has 0 aliphatic carbocycles. The van der Waals surface area contributed by atoms with Crippen LogP contribution in [-0.2, 0) is 9.53 Å². The number of anilines is 1. The lowest BCUT2D eigenvalue weighted by Crippen LogP contribution is -2.25. The van der Waals surface area contributed by atoms with E-state index < -0.39 is 17.4 Å². The van der Waals surface area contributed by atoms with Crippen LogP contribution in [0.5, 0.6) is 11.5 Å². The standard InChI is InChI=1S/C26H21N3O6S/c1-3-33-26(32)23-18-13-36-24(22(18)25(31)29(28-23)17-6-4-5-15(2)11-17)27-21(30)10-8-16-7-9-19-20(12-16)35-14-34-19/h4-13H,3,14H2,1-2H3,(H,27,30). The maximum absolute atomic E-state index is 13.5. The number of nitrogens with one attached hydrogen (secondary N) is 1. The molecule has 0 radical (unpaired) electrons. The maximum Gasteiger partial charge on any atom is 0.359 e. The zero-order valence-corrected chi connectivity index (χ0v) is 20.3. The number of benzene rings is 2. The Balaban J connectivity index is 1.52. The number of rotatable bonds is 6. The third-order valence-electron chi connectivity index (χ3n) is 5.43. The molecule has 10 heteroatoms. The average molecular weight is 504 g/mol. The molecule has 0 bridgehead atoms. The fourth-order valence-corrected chi connectivity index (χ4v) is 4.71. The minimum Gasteiger partial charge on any atom is -0.461 e. The van der Waals surface area contributed by atoms with Gasteiger partial charge >= 0.3 is 5.97 Å². The van der Waals surface area contributed by atoms with Gasteiger partial charge in [-0.1, -0.05) is 18.2 Å². The van der Waals surface area contributed by atoms with Gasteiger partial charge in [-0.2, -0.15) is 9.78 Å². The molecule has 9 nitrogen and oxygen atoms in total. The summed E-state index contributed by atoms with van der Waals surface area (Å²) in [5.74, 6) is 0.171. The van der Waals surface area contributed by atoms with Crippen LogP contribution in [0.1, 0.15) is 28.5 Å². The van der Waals surface area contributed by atoms with Crippen LogP contribution in [-0.4, -0.2) is 35.1 Å². The van der Waals surface area contributed by atoms with E-state index in [4.69, 9.17) is 14.2 Å². The van der Waals surface area contributed by atoms with E-state index in [2.05, 4.69) is 10.4 Å². The molecule has 4 aromatic rings. The van der Waals surface area contributed by atoms with E-state index in [1.807, 2.05) is 13.0 Å². The van der Waals surface area contributed by atoms with Crippen LogP contribution < -0.4 is 20.3 Å². The quantitative estimate of drug-likeness (QED) is 0.308. The topological polar surface area (TPSA) is 109 Å². The summed E-state index contributed by atoms with van der Waals surface area (Å²) in [6.07, 6.45) is 2.99. The summed E-state index contributed by atoms with van der Waals surface area (Å²) in [4.78, 5) is 38.9. The highest BCUT2D eigenvalue weighted by Crippen LogP contribution is 2.33. The van der Waals surface area contributed by atoms with Gasteiger partial charge in [0.1, 0.15) is 5.00 Å². The van der Waals surface area contributed by atoms with Gasteiger partial charge in [0.05, 0.1) is 17.7 Å². The van der Waals surface area contributed by atoms with Gasteiger partial charge in [0.15, 0.2) is 17.2 Å². The molecule has 0 spiro atoms. The zero-order valence-electron chi connectivity index (χ0n) is 19.4. The first-order valence-electron chi connectivity index (χ1n) is 11.1. The Hall–Kier alpha value is -4.44. The number of hydrogen-bond acceptors (Lipinski definition) is 8. The number of fused-ring (bicyclic) bond motifs is 2. The molecule has 1 N–H and O–H groups in total. The van der Waals surface area contributed by atoms with Gasteiger partial charge in [-0.3, -0.25) is 9.59 Å². The van der Waals surface area contributed by atoms with E-state index >= 15 is 0 Å². The van der Waals surface area contributed by atoms with E-state index in [1.54, 1.807) is 54.8 Å². The molecule has 0 saturated heterocycles. The van der Waals surface area contributed by atoms with Gasteiger partial charge < -0.3 is 19.5 Å². The number of hydrogen-bond donors (Lipinski definition) is 1. The minimum atomic E-state index is -0.651. The maximum atomic E-state index is 13.5. The smallest absolute Gasteiger partial charge is 0.359 e. The summed E-state index contributed by atoms with van der Waals surface area (Å²) >= 11 is 1.14. The normalized spacial score (nSPS) is 12.3. The summed E-state index contributed by atoms with van der Waals surface area (Å²) in [5, 5.41) is 9.51. The fourth-order valence-electron chi connectivity index (χ4n) is 3.77. The van der Waals surface area contributed by atoms with E-state index in [1.165, 1.54) is 6.08 Å². The predicted molar refractivity (Wildman–Crippen MR) is 136 cm³/mol. The number of amides is 1. The van der Waals surface area contributed by atoms with Crippen molar-refractivity contribution in [1.29, 1.82) is 0 Å². The molecule has 0 atom stereocenters. The molecular weight excluding hydrogens is 482 g/mol. The van der Waals surface area contributed by atoms with Crippen LogP contribution in [0, 0.1) is 6.92 Å². The minimum absolute atomic E-state index is 0.000562. The Morgan fingerprint density at radius 1 is 1.19 bits per heavy atom. The Labute approximate surface area is 209 Å². The van der Waals surface area contributed by atoms with Gasteiger partial charge in [-0.05, 0) is 55.3 Å². The lowest BCUT2D eigenvalue weighted by Gasteiger charge is -2.10. The fraction of sp³-hybridized carbons (Fsp3) is 0.154. The number of carbonyl (C=O) groups excluding carboxylic acids is 2. The van der Waals surface area contributed by atoms with Gasteiger partial charge in [0.2, 0.25) is 12.7 Å². The van der Waals surface area contributed by atoms with Crippen molar-refractivity contribution < 1.29 is 23.8 Å². The second kappa shape index (κ2) is 9.67. The molecule has 1 amide bonds. The Bertz CT molecular complexity index is 1590. The third-order valence-corrected chi connectivity index (χ3v) is 6.32. The molecule has 5 rings (SSSR count). The Morgan fingerprint density at radius 3 is 2.83 bits per heavy atom. The van der Waals surface area contributed by atoms with Crippen molar-refractivity contribution in [3.8, 4) is 17.2 Å². The number of aromatic nitrogens is 2. The molecule has 0 fully saturated rings. The average Bonchev–Trinajstić information content (AvgIpc) is 3.50. The number of aryl methyl sites for hydroxylation is 1. The summed E-state index contributed by atoms with van der Waals surface area (Å²) in [5.41, 5.74) is 1.71. The monoisotopic (exact) mass is 503 g/mol. The predicted octanol–water partition coefficient (Wildman–Crippen LogP) is 4.31. The van der Waals surface area contributed by atoms with Gasteiger partial charge in [0.25, 0.3) is 5.56 Å². The SMILES string of the molecule is CCOC(=O)c1nn(-c2cccc(C)c2)c(=O)c2c(NC(=O)C=Cc3ccc4c(c3)OCO4)scc12. The van der Waals surface area contributed by atoms with E-state index in [-0.39, 0.29) is 24.5 Å². The molecule has 1 aliphatic rings. The van der Waals surface area contributed by atoms with Crippen LogP contribution >= 0.6 is 11.3 Å².